The van der Waals surface area contributed by atoms with E-state index in [-0.39, 0.29) is 18.4 Å². The van der Waals surface area contributed by atoms with Gasteiger partial charge in [-0.1, -0.05) is 0 Å². The molecular formula is C13H26N2O5. The second-order valence-electron chi connectivity index (χ2n) is 4.08. The van der Waals surface area contributed by atoms with Crippen molar-refractivity contribution in [3.63, 3.8) is 0 Å². The van der Waals surface area contributed by atoms with Crippen LogP contribution in [0.3, 0.4) is 0 Å². The third-order valence-electron chi connectivity index (χ3n) is 2.48. The van der Waals surface area contributed by atoms with Crippen LogP contribution in [0.4, 0.5) is 0 Å². The highest BCUT2D eigenvalue weighted by Gasteiger charge is 1.98. The standard InChI is InChI=1S/C13H26N2O5/c1-14-12(16)5-3-4-6-18-7-8-19-9-10-20-11-13(17)15-2/h3-11H2,1-2H3,(H,14,16)(H,15,17). The van der Waals surface area contributed by atoms with Gasteiger partial charge in [0.15, 0.2) is 0 Å². The second kappa shape index (κ2) is 14.2. The molecule has 118 valence electrons. The van der Waals surface area contributed by atoms with E-state index < -0.39 is 0 Å². The van der Waals surface area contributed by atoms with Crippen molar-refractivity contribution >= 4 is 11.8 Å². The minimum Gasteiger partial charge on any atom is -0.379 e. The average Bonchev–Trinajstić information content (AvgIpc) is 2.47. The topological polar surface area (TPSA) is 85.9 Å². The quantitative estimate of drug-likeness (QED) is 0.455. The Morgan fingerprint density at radius 1 is 0.750 bits per heavy atom. The van der Waals surface area contributed by atoms with E-state index in [9.17, 15) is 9.59 Å². The number of likely N-dealkylation sites (N-methyl/N-ethyl adjacent to an activating group) is 1. The van der Waals surface area contributed by atoms with Crippen LogP contribution in [0, 0.1) is 0 Å². The molecule has 0 aromatic heterocycles. The molecule has 7 heteroatoms. The van der Waals surface area contributed by atoms with Crippen LogP contribution in [0.25, 0.3) is 0 Å². The minimum absolute atomic E-state index is 0.0572. The van der Waals surface area contributed by atoms with E-state index in [2.05, 4.69) is 10.6 Å². The number of hydrogen-bond acceptors (Lipinski definition) is 5. The first-order valence-corrected chi connectivity index (χ1v) is 6.85. The Morgan fingerprint density at radius 3 is 1.90 bits per heavy atom. The van der Waals surface area contributed by atoms with Crippen LogP contribution in [-0.2, 0) is 23.8 Å². The highest BCUT2D eigenvalue weighted by Crippen LogP contribution is 1.95. The maximum absolute atomic E-state index is 10.9. The normalized spacial score (nSPS) is 10.3. The SMILES string of the molecule is CNC(=O)CCCCOCCOCCOCC(=O)NC. The molecule has 0 aliphatic rings. The van der Waals surface area contributed by atoms with E-state index in [1.54, 1.807) is 14.1 Å². The molecule has 0 saturated carbocycles. The van der Waals surface area contributed by atoms with Gasteiger partial charge in [0.05, 0.1) is 26.4 Å². The molecule has 0 aromatic rings. The lowest BCUT2D eigenvalue weighted by Crippen LogP contribution is -2.24. The lowest BCUT2D eigenvalue weighted by Gasteiger charge is -2.06. The largest absolute Gasteiger partial charge is 0.379 e. The fourth-order valence-electron chi connectivity index (χ4n) is 1.29. The molecule has 0 bridgehead atoms. The van der Waals surface area contributed by atoms with Crippen molar-refractivity contribution in [3.8, 4) is 0 Å². The summed E-state index contributed by atoms with van der Waals surface area (Å²) in [6.07, 6.45) is 2.23. The summed E-state index contributed by atoms with van der Waals surface area (Å²) in [6, 6.07) is 0. The molecule has 20 heavy (non-hydrogen) atoms. The van der Waals surface area contributed by atoms with Crippen molar-refractivity contribution < 1.29 is 23.8 Å². The van der Waals surface area contributed by atoms with Crippen molar-refractivity contribution in [3.05, 3.63) is 0 Å². The highest BCUT2D eigenvalue weighted by molar-refractivity contribution is 5.76. The predicted molar refractivity (Wildman–Crippen MR) is 74.4 cm³/mol. The fraction of sp³-hybridized carbons (Fsp3) is 0.846. The zero-order valence-corrected chi connectivity index (χ0v) is 12.4. The molecule has 0 fully saturated rings. The molecule has 0 aromatic carbocycles. The van der Waals surface area contributed by atoms with Crippen molar-refractivity contribution in [2.75, 3.05) is 53.7 Å². The van der Waals surface area contributed by atoms with Crippen molar-refractivity contribution in [2.24, 2.45) is 0 Å². The molecule has 0 radical (unpaired) electrons. The number of carbonyl (C=O) groups is 2. The third kappa shape index (κ3) is 13.3. The minimum atomic E-state index is -0.148. The molecule has 2 amide bonds. The van der Waals surface area contributed by atoms with E-state index in [0.717, 1.165) is 12.8 Å². The summed E-state index contributed by atoms with van der Waals surface area (Å²) in [5, 5.41) is 5.04. The number of carbonyl (C=O) groups excluding carboxylic acids is 2. The molecule has 0 unspecified atom stereocenters. The van der Waals surface area contributed by atoms with E-state index in [0.29, 0.717) is 39.5 Å². The van der Waals surface area contributed by atoms with Gasteiger partial charge in [-0.2, -0.15) is 0 Å². The van der Waals surface area contributed by atoms with Gasteiger partial charge in [-0.05, 0) is 12.8 Å². The molecule has 0 heterocycles. The Morgan fingerprint density at radius 2 is 1.30 bits per heavy atom. The van der Waals surface area contributed by atoms with Crippen molar-refractivity contribution in [1.82, 2.24) is 10.6 Å². The molecule has 7 nitrogen and oxygen atoms in total. The first-order chi connectivity index (χ1) is 9.70. The van der Waals surface area contributed by atoms with Gasteiger partial charge in [-0.25, -0.2) is 0 Å². The first kappa shape index (κ1) is 18.8. The van der Waals surface area contributed by atoms with Crippen LogP contribution in [0.15, 0.2) is 0 Å². The molecule has 0 saturated heterocycles. The summed E-state index contributed by atoms with van der Waals surface area (Å²) >= 11 is 0. The Bertz CT molecular complexity index is 235. The summed E-state index contributed by atoms with van der Waals surface area (Å²) in [6.45, 7) is 2.54. The smallest absolute Gasteiger partial charge is 0.245 e. The predicted octanol–water partition coefficient (Wildman–Crippen LogP) is -0.301. The Kier molecular flexibility index (Phi) is 13.4. The molecular weight excluding hydrogens is 264 g/mol. The number of ether oxygens (including phenoxy) is 3. The van der Waals surface area contributed by atoms with Gasteiger partial charge in [0, 0.05) is 27.1 Å². The van der Waals surface area contributed by atoms with E-state index in [1.807, 2.05) is 0 Å². The number of unbranched alkanes of at least 4 members (excludes halogenated alkanes) is 1. The Hall–Kier alpha value is -1.18. The summed E-state index contributed by atoms with van der Waals surface area (Å²) in [4.78, 5) is 21.7. The van der Waals surface area contributed by atoms with Gasteiger partial charge in [0.1, 0.15) is 6.61 Å². The Labute approximate surface area is 120 Å². The number of rotatable bonds is 13. The third-order valence-corrected chi connectivity index (χ3v) is 2.48. The highest BCUT2D eigenvalue weighted by atomic mass is 16.5. The van der Waals surface area contributed by atoms with E-state index >= 15 is 0 Å². The molecule has 0 spiro atoms. The lowest BCUT2D eigenvalue weighted by molar-refractivity contribution is -0.125. The van der Waals surface area contributed by atoms with E-state index in [1.165, 1.54) is 0 Å². The Balaban J connectivity index is 3.06. The van der Waals surface area contributed by atoms with Gasteiger partial charge in [0.25, 0.3) is 0 Å². The van der Waals surface area contributed by atoms with Crippen LogP contribution in [0.2, 0.25) is 0 Å². The van der Waals surface area contributed by atoms with Crippen LogP contribution in [-0.4, -0.2) is 65.6 Å². The first-order valence-electron chi connectivity index (χ1n) is 6.85. The number of nitrogens with one attached hydrogen (secondary N) is 2. The van der Waals surface area contributed by atoms with Crippen molar-refractivity contribution in [1.29, 1.82) is 0 Å². The molecule has 0 aliphatic carbocycles. The fourth-order valence-corrected chi connectivity index (χ4v) is 1.29. The van der Waals surface area contributed by atoms with Crippen LogP contribution >= 0.6 is 0 Å². The van der Waals surface area contributed by atoms with Crippen LogP contribution in [0.5, 0.6) is 0 Å². The monoisotopic (exact) mass is 290 g/mol. The van der Waals surface area contributed by atoms with Gasteiger partial charge in [-0.15, -0.1) is 0 Å². The number of hydrogen-bond donors (Lipinski definition) is 2. The van der Waals surface area contributed by atoms with Crippen molar-refractivity contribution in [2.45, 2.75) is 19.3 Å². The van der Waals surface area contributed by atoms with Gasteiger partial charge < -0.3 is 24.8 Å². The zero-order valence-electron chi connectivity index (χ0n) is 12.4. The summed E-state index contributed by atoms with van der Waals surface area (Å²) in [5.74, 6) is -0.0878. The molecule has 2 N–H and O–H groups in total. The van der Waals surface area contributed by atoms with Crippen LogP contribution in [0.1, 0.15) is 19.3 Å². The average molecular weight is 290 g/mol. The summed E-state index contributed by atoms with van der Waals surface area (Å²) in [5.41, 5.74) is 0. The maximum atomic E-state index is 10.9. The summed E-state index contributed by atoms with van der Waals surface area (Å²) < 4.78 is 15.7. The zero-order chi connectivity index (χ0) is 15.1. The summed E-state index contributed by atoms with van der Waals surface area (Å²) in [7, 11) is 3.20. The molecule has 0 rings (SSSR count). The van der Waals surface area contributed by atoms with Gasteiger partial charge in [0.2, 0.25) is 11.8 Å². The maximum Gasteiger partial charge on any atom is 0.245 e. The van der Waals surface area contributed by atoms with Crippen LogP contribution < -0.4 is 10.6 Å². The lowest BCUT2D eigenvalue weighted by atomic mass is 10.2. The van der Waals surface area contributed by atoms with Gasteiger partial charge >= 0.3 is 0 Å². The van der Waals surface area contributed by atoms with Gasteiger partial charge in [-0.3, -0.25) is 9.59 Å². The number of amides is 2. The molecule has 0 atom stereocenters. The second-order valence-corrected chi connectivity index (χ2v) is 4.08. The molecule has 0 aliphatic heterocycles. The van der Waals surface area contributed by atoms with E-state index in [4.69, 9.17) is 14.2 Å².